The lowest BCUT2D eigenvalue weighted by atomic mass is 10.1. The molecule has 8 heteroatoms. The molecule has 0 spiro atoms. The van der Waals surface area contributed by atoms with Crippen molar-refractivity contribution >= 4 is 5.96 Å². The number of aliphatic imine (C=N–C) groups is 1. The molecule has 2 heterocycles. The molecule has 1 unspecified atom stereocenters. The minimum Gasteiger partial charge on any atom is -0.357 e. The van der Waals surface area contributed by atoms with Gasteiger partial charge in [0.2, 0.25) is 0 Å². The van der Waals surface area contributed by atoms with Gasteiger partial charge in [0.1, 0.15) is 5.82 Å². The van der Waals surface area contributed by atoms with Crippen molar-refractivity contribution < 1.29 is 4.39 Å². The number of guanidine groups is 1. The summed E-state index contributed by atoms with van der Waals surface area (Å²) >= 11 is 0. The Hall–Kier alpha value is -3.16. The molecule has 0 radical (unpaired) electrons. The highest BCUT2D eigenvalue weighted by molar-refractivity contribution is 5.80. The maximum absolute atomic E-state index is 13.1. The van der Waals surface area contributed by atoms with Crippen LogP contribution < -0.4 is 10.6 Å². The van der Waals surface area contributed by atoms with Gasteiger partial charge in [-0.15, -0.1) is 0 Å². The van der Waals surface area contributed by atoms with E-state index in [9.17, 15) is 4.39 Å². The summed E-state index contributed by atoms with van der Waals surface area (Å²) in [6.45, 7) is 9.78. The zero-order valence-electron chi connectivity index (χ0n) is 19.0. The first-order valence-electron chi connectivity index (χ1n) is 10.7. The SMILES string of the molecule is CCNC(=NCCc1ccn(-c2ccc(F)cc2)n1)NC(C)Cc1c(C)nn(C)c1C. The predicted octanol–water partition coefficient (Wildman–Crippen LogP) is 3.09. The largest absolute Gasteiger partial charge is 0.357 e. The second-order valence-corrected chi connectivity index (χ2v) is 7.76. The highest BCUT2D eigenvalue weighted by atomic mass is 19.1. The van der Waals surface area contributed by atoms with Gasteiger partial charge in [-0.2, -0.15) is 10.2 Å². The summed E-state index contributed by atoms with van der Waals surface area (Å²) in [5, 5.41) is 15.9. The lowest BCUT2D eigenvalue weighted by Gasteiger charge is -2.18. The molecule has 0 aliphatic carbocycles. The van der Waals surface area contributed by atoms with Gasteiger partial charge < -0.3 is 10.6 Å². The molecule has 0 fully saturated rings. The Morgan fingerprint density at radius 3 is 2.55 bits per heavy atom. The van der Waals surface area contributed by atoms with E-state index >= 15 is 0 Å². The number of nitrogens with one attached hydrogen (secondary N) is 2. The van der Waals surface area contributed by atoms with Crippen molar-refractivity contribution in [3.63, 3.8) is 0 Å². The molecule has 2 aromatic heterocycles. The Morgan fingerprint density at radius 1 is 1.16 bits per heavy atom. The molecule has 31 heavy (non-hydrogen) atoms. The standard InChI is InChI=1S/C23H32FN7/c1-6-25-23(27-16(2)15-22-17(3)28-30(5)18(22)4)26-13-11-20-12-14-31(29-20)21-9-7-19(24)8-10-21/h7-10,12,14,16H,6,11,13,15H2,1-5H3,(H2,25,26,27). The molecule has 0 saturated carbocycles. The maximum Gasteiger partial charge on any atom is 0.191 e. The van der Waals surface area contributed by atoms with Gasteiger partial charge in [0.25, 0.3) is 0 Å². The van der Waals surface area contributed by atoms with E-state index < -0.39 is 0 Å². The number of rotatable bonds is 8. The topological polar surface area (TPSA) is 72.1 Å². The Labute approximate surface area is 183 Å². The van der Waals surface area contributed by atoms with E-state index in [1.807, 2.05) is 24.0 Å². The van der Waals surface area contributed by atoms with Gasteiger partial charge in [-0.05, 0) is 70.0 Å². The fourth-order valence-corrected chi connectivity index (χ4v) is 3.54. The summed E-state index contributed by atoms with van der Waals surface area (Å²) in [6.07, 6.45) is 3.49. The summed E-state index contributed by atoms with van der Waals surface area (Å²) in [4.78, 5) is 4.71. The fraction of sp³-hybridized carbons (Fsp3) is 0.435. The van der Waals surface area contributed by atoms with Crippen LogP contribution in [0.15, 0.2) is 41.5 Å². The van der Waals surface area contributed by atoms with Crippen LogP contribution in [0.2, 0.25) is 0 Å². The number of hydrogen-bond acceptors (Lipinski definition) is 3. The van der Waals surface area contributed by atoms with E-state index in [1.165, 1.54) is 23.4 Å². The molecule has 3 aromatic rings. The molecule has 0 aliphatic rings. The molecular weight excluding hydrogens is 393 g/mol. The van der Waals surface area contributed by atoms with Crippen molar-refractivity contribution in [2.75, 3.05) is 13.1 Å². The Morgan fingerprint density at radius 2 is 1.90 bits per heavy atom. The molecule has 2 N–H and O–H groups in total. The third-order valence-electron chi connectivity index (χ3n) is 5.27. The van der Waals surface area contributed by atoms with Crippen molar-refractivity contribution in [3.8, 4) is 5.69 Å². The van der Waals surface area contributed by atoms with Crippen LogP contribution in [0.1, 0.15) is 36.5 Å². The third kappa shape index (κ3) is 5.93. The van der Waals surface area contributed by atoms with Crippen LogP contribution in [0.3, 0.4) is 0 Å². The average molecular weight is 426 g/mol. The van der Waals surface area contributed by atoms with Gasteiger partial charge in [-0.25, -0.2) is 9.07 Å². The van der Waals surface area contributed by atoms with Crippen molar-refractivity contribution in [1.82, 2.24) is 30.2 Å². The number of hydrogen-bond donors (Lipinski definition) is 2. The Balaban J connectivity index is 1.57. The minimum absolute atomic E-state index is 0.220. The highest BCUT2D eigenvalue weighted by Gasteiger charge is 2.14. The zero-order chi connectivity index (χ0) is 22.4. The normalized spacial score (nSPS) is 12.8. The van der Waals surface area contributed by atoms with E-state index in [0.717, 1.165) is 42.4 Å². The van der Waals surface area contributed by atoms with Crippen LogP contribution in [0.4, 0.5) is 4.39 Å². The van der Waals surface area contributed by atoms with E-state index in [4.69, 9.17) is 4.99 Å². The zero-order valence-corrected chi connectivity index (χ0v) is 19.0. The molecular formula is C23H32FN7. The molecule has 0 amide bonds. The van der Waals surface area contributed by atoms with Crippen LogP contribution in [0.5, 0.6) is 0 Å². The van der Waals surface area contributed by atoms with Gasteiger partial charge in [0.15, 0.2) is 5.96 Å². The fourth-order valence-electron chi connectivity index (χ4n) is 3.54. The van der Waals surface area contributed by atoms with E-state index in [2.05, 4.69) is 48.5 Å². The van der Waals surface area contributed by atoms with Gasteiger partial charge >= 0.3 is 0 Å². The molecule has 0 bridgehead atoms. The Kier molecular flexibility index (Phi) is 7.44. The first-order valence-corrected chi connectivity index (χ1v) is 10.7. The number of aryl methyl sites for hydroxylation is 2. The number of nitrogens with zero attached hydrogens (tertiary/aromatic N) is 5. The molecule has 0 aliphatic heterocycles. The first kappa shape index (κ1) is 22.5. The summed E-state index contributed by atoms with van der Waals surface area (Å²) < 4.78 is 16.8. The van der Waals surface area contributed by atoms with E-state index in [1.54, 1.807) is 16.8 Å². The van der Waals surface area contributed by atoms with Crippen LogP contribution in [-0.4, -0.2) is 44.7 Å². The lowest BCUT2D eigenvalue weighted by molar-refractivity contribution is 0.627. The molecule has 1 aromatic carbocycles. The van der Waals surface area contributed by atoms with E-state index in [-0.39, 0.29) is 11.9 Å². The minimum atomic E-state index is -0.253. The third-order valence-corrected chi connectivity index (χ3v) is 5.27. The predicted molar refractivity (Wildman–Crippen MR) is 122 cm³/mol. The van der Waals surface area contributed by atoms with Crippen LogP contribution in [0.25, 0.3) is 5.69 Å². The summed E-state index contributed by atoms with van der Waals surface area (Å²) in [7, 11) is 1.98. The molecule has 0 saturated heterocycles. The highest BCUT2D eigenvalue weighted by Crippen LogP contribution is 2.14. The van der Waals surface area contributed by atoms with Crippen LogP contribution in [0, 0.1) is 19.7 Å². The van der Waals surface area contributed by atoms with Gasteiger partial charge in [-0.1, -0.05) is 0 Å². The van der Waals surface area contributed by atoms with Crippen LogP contribution in [-0.2, 0) is 19.9 Å². The van der Waals surface area contributed by atoms with E-state index in [0.29, 0.717) is 6.54 Å². The van der Waals surface area contributed by atoms with Gasteiger partial charge in [0, 0.05) is 44.5 Å². The lowest BCUT2D eigenvalue weighted by Crippen LogP contribution is -2.43. The van der Waals surface area contributed by atoms with Crippen molar-refractivity contribution in [2.24, 2.45) is 12.0 Å². The smallest absolute Gasteiger partial charge is 0.191 e. The molecule has 166 valence electrons. The van der Waals surface area contributed by atoms with Crippen LogP contribution >= 0.6 is 0 Å². The van der Waals surface area contributed by atoms with Crippen molar-refractivity contribution in [2.45, 2.75) is 46.6 Å². The summed E-state index contributed by atoms with van der Waals surface area (Å²) in [5.74, 6) is 0.546. The molecule has 1 atom stereocenters. The second-order valence-electron chi connectivity index (χ2n) is 7.76. The number of aromatic nitrogens is 4. The number of halogens is 1. The number of benzene rings is 1. The Bertz CT molecular complexity index is 1020. The van der Waals surface area contributed by atoms with Crippen molar-refractivity contribution in [3.05, 3.63) is 65.0 Å². The monoisotopic (exact) mass is 425 g/mol. The summed E-state index contributed by atoms with van der Waals surface area (Å²) in [6, 6.07) is 8.48. The summed E-state index contributed by atoms with van der Waals surface area (Å²) in [5.41, 5.74) is 5.33. The first-order chi connectivity index (χ1) is 14.9. The van der Waals surface area contributed by atoms with Gasteiger partial charge in [-0.3, -0.25) is 9.67 Å². The second kappa shape index (κ2) is 10.2. The molecule has 3 rings (SSSR count). The maximum atomic E-state index is 13.1. The molecule has 7 nitrogen and oxygen atoms in total. The van der Waals surface area contributed by atoms with Crippen molar-refractivity contribution in [1.29, 1.82) is 0 Å². The van der Waals surface area contributed by atoms with Gasteiger partial charge in [0.05, 0.1) is 17.1 Å². The quantitative estimate of drug-likeness (QED) is 0.430. The average Bonchev–Trinajstić information content (AvgIpc) is 3.29.